The number of carbonyl (C=O) groups is 1. The predicted molar refractivity (Wildman–Crippen MR) is 38.1 cm³/mol. The minimum absolute atomic E-state index is 0.104. The van der Waals surface area contributed by atoms with Crippen molar-refractivity contribution in [3.05, 3.63) is 12.2 Å². The number of fused-ring (bicyclic) bond motifs is 1. The van der Waals surface area contributed by atoms with E-state index in [2.05, 4.69) is 0 Å². The second-order valence-electron chi connectivity index (χ2n) is 3.08. The van der Waals surface area contributed by atoms with Gasteiger partial charge in [0.25, 0.3) is 0 Å². The zero-order valence-electron chi connectivity index (χ0n) is 6.12. The molecule has 0 radical (unpaired) electrons. The average Bonchev–Trinajstić information content (AvgIpc) is 2.29. The number of hydrogen-bond acceptors (Lipinski definition) is 3. The molecule has 2 atom stereocenters. The summed E-state index contributed by atoms with van der Waals surface area (Å²) in [6.45, 7) is 0.584. The Labute approximate surface area is 64.7 Å². The lowest BCUT2D eigenvalue weighted by Gasteiger charge is -2.32. The van der Waals surface area contributed by atoms with E-state index in [-0.39, 0.29) is 5.78 Å². The molecule has 0 aromatic rings. The van der Waals surface area contributed by atoms with E-state index in [9.17, 15) is 9.90 Å². The average molecular weight is 154 g/mol. The highest BCUT2D eigenvalue weighted by atomic mass is 16.5. The predicted octanol–water partition coefficient (Wildman–Crippen LogP) is 0.0354. The maximum Gasteiger partial charge on any atom is 0.187 e. The van der Waals surface area contributed by atoms with Crippen LogP contribution in [0.4, 0.5) is 0 Å². The van der Waals surface area contributed by atoms with Gasteiger partial charge in [-0.1, -0.05) is 0 Å². The number of ether oxygens (including phenoxy) is 1. The Morgan fingerprint density at radius 1 is 1.73 bits per heavy atom. The van der Waals surface area contributed by atoms with Crippen molar-refractivity contribution in [3.8, 4) is 0 Å². The zero-order chi connectivity index (χ0) is 7.90. The molecule has 0 aromatic heterocycles. The molecule has 1 aliphatic carbocycles. The highest BCUT2D eigenvalue weighted by Crippen LogP contribution is 2.31. The molecule has 0 unspecified atom stereocenters. The standard InChI is InChI=1S/C8H10O3/c9-6-2-4-8(10)3-1-5-11-7(6)8/h2,4,7,10H,1,3,5H2/t7-,8-/m1/s1. The van der Waals surface area contributed by atoms with Gasteiger partial charge in [0.05, 0.1) is 0 Å². The van der Waals surface area contributed by atoms with Gasteiger partial charge in [0.2, 0.25) is 0 Å². The molecule has 1 aliphatic heterocycles. The third-order valence-corrected chi connectivity index (χ3v) is 2.25. The maximum atomic E-state index is 11.0. The zero-order valence-corrected chi connectivity index (χ0v) is 6.12. The van der Waals surface area contributed by atoms with Crippen molar-refractivity contribution in [2.75, 3.05) is 6.61 Å². The van der Waals surface area contributed by atoms with Crippen molar-refractivity contribution in [1.82, 2.24) is 0 Å². The SMILES string of the molecule is O=C1C=C[C@]2(O)CCCO[C@H]12. The van der Waals surface area contributed by atoms with Crippen LogP contribution in [0.15, 0.2) is 12.2 Å². The fraction of sp³-hybridized carbons (Fsp3) is 0.625. The molecule has 1 N–H and O–H groups in total. The molecular weight excluding hydrogens is 144 g/mol. The van der Waals surface area contributed by atoms with Crippen LogP contribution in [0.2, 0.25) is 0 Å². The molecule has 0 aromatic carbocycles. The van der Waals surface area contributed by atoms with Crippen LogP contribution < -0.4 is 0 Å². The second kappa shape index (κ2) is 2.16. The van der Waals surface area contributed by atoms with Crippen LogP contribution in [0.25, 0.3) is 0 Å². The number of aliphatic hydroxyl groups is 1. The van der Waals surface area contributed by atoms with Gasteiger partial charge in [-0.25, -0.2) is 0 Å². The number of hydrogen-bond donors (Lipinski definition) is 1. The summed E-state index contributed by atoms with van der Waals surface area (Å²) in [6, 6.07) is 0. The molecule has 2 rings (SSSR count). The van der Waals surface area contributed by atoms with Crippen LogP contribution in [0.3, 0.4) is 0 Å². The summed E-state index contributed by atoms with van der Waals surface area (Å²) in [5.74, 6) is -0.104. The van der Waals surface area contributed by atoms with Crippen molar-refractivity contribution in [3.63, 3.8) is 0 Å². The summed E-state index contributed by atoms with van der Waals surface area (Å²) in [5.41, 5.74) is -0.991. The van der Waals surface area contributed by atoms with Gasteiger partial charge < -0.3 is 9.84 Å². The van der Waals surface area contributed by atoms with E-state index in [0.29, 0.717) is 13.0 Å². The highest BCUT2D eigenvalue weighted by Gasteiger charge is 2.45. The molecule has 0 saturated carbocycles. The van der Waals surface area contributed by atoms with Crippen LogP contribution in [0.1, 0.15) is 12.8 Å². The molecule has 2 aliphatic rings. The van der Waals surface area contributed by atoms with Crippen LogP contribution in [-0.4, -0.2) is 29.2 Å². The smallest absolute Gasteiger partial charge is 0.187 e. The van der Waals surface area contributed by atoms with Gasteiger partial charge in [0, 0.05) is 6.61 Å². The highest BCUT2D eigenvalue weighted by molar-refractivity contribution is 5.98. The normalized spacial score (nSPS) is 42.6. The summed E-state index contributed by atoms with van der Waals surface area (Å²) in [7, 11) is 0. The minimum Gasteiger partial charge on any atom is -0.383 e. The molecule has 0 bridgehead atoms. The Morgan fingerprint density at radius 3 is 3.27 bits per heavy atom. The quantitative estimate of drug-likeness (QED) is 0.535. The fourth-order valence-corrected chi connectivity index (χ4v) is 1.64. The van der Waals surface area contributed by atoms with Gasteiger partial charge in [0.1, 0.15) is 5.60 Å². The Hall–Kier alpha value is -0.670. The van der Waals surface area contributed by atoms with E-state index in [0.717, 1.165) is 6.42 Å². The minimum atomic E-state index is -0.991. The van der Waals surface area contributed by atoms with Crippen LogP contribution in [-0.2, 0) is 9.53 Å². The number of carbonyl (C=O) groups excluding carboxylic acids is 1. The van der Waals surface area contributed by atoms with Crippen molar-refractivity contribution < 1.29 is 14.6 Å². The molecule has 1 heterocycles. The first kappa shape index (κ1) is 7.00. The van der Waals surface area contributed by atoms with E-state index in [1.165, 1.54) is 6.08 Å². The topological polar surface area (TPSA) is 46.5 Å². The van der Waals surface area contributed by atoms with E-state index in [1.807, 2.05) is 0 Å². The van der Waals surface area contributed by atoms with Gasteiger partial charge in [-0.15, -0.1) is 0 Å². The molecule has 3 heteroatoms. The third-order valence-electron chi connectivity index (χ3n) is 2.25. The van der Waals surface area contributed by atoms with Crippen LogP contribution in [0.5, 0.6) is 0 Å². The van der Waals surface area contributed by atoms with Crippen LogP contribution >= 0.6 is 0 Å². The Balaban J connectivity index is 2.27. The summed E-state index contributed by atoms with van der Waals surface area (Å²) in [6.07, 6.45) is 3.82. The van der Waals surface area contributed by atoms with Gasteiger partial charge in [0.15, 0.2) is 11.9 Å². The van der Waals surface area contributed by atoms with Gasteiger partial charge >= 0.3 is 0 Å². The first-order valence-electron chi connectivity index (χ1n) is 3.79. The van der Waals surface area contributed by atoms with Gasteiger partial charge in [-0.3, -0.25) is 4.79 Å². The van der Waals surface area contributed by atoms with E-state index >= 15 is 0 Å². The Bertz CT molecular complexity index is 221. The van der Waals surface area contributed by atoms with E-state index in [4.69, 9.17) is 4.74 Å². The largest absolute Gasteiger partial charge is 0.383 e. The van der Waals surface area contributed by atoms with Gasteiger partial charge in [-0.2, -0.15) is 0 Å². The van der Waals surface area contributed by atoms with E-state index < -0.39 is 11.7 Å². The molecule has 3 nitrogen and oxygen atoms in total. The first-order chi connectivity index (χ1) is 5.22. The van der Waals surface area contributed by atoms with Gasteiger partial charge in [-0.05, 0) is 25.0 Å². The van der Waals surface area contributed by atoms with E-state index in [1.54, 1.807) is 6.08 Å². The first-order valence-corrected chi connectivity index (χ1v) is 3.79. The third kappa shape index (κ3) is 0.921. The summed E-state index contributed by atoms with van der Waals surface area (Å²) < 4.78 is 5.16. The van der Waals surface area contributed by atoms with Crippen molar-refractivity contribution in [2.45, 2.75) is 24.5 Å². The number of ketones is 1. The molecule has 1 saturated heterocycles. The summed E-state index contributed by atoms with van der Waals surface area (Å²) in [4.78, 5) is 11.0. The fourth-order valence-electron chi connectivity index (χ4n) is 1.64. The molecule has 1 fully saturated rings. The molecule has 0 spiro atoms. The molecular formula is C8H10O3. The molecule has 11 heavy (non-hydrogen) atoms. The van der Waals surface area contributed by atoms with Crippen molar-refractivity contribution >= 4 is 5.78 Å². The lowest BCUT2D eigenvalue weighted by molar-refractivity contribution is -0.146. The lowest BCUT2D eigenvalue weighted by atomic mass is 9.92. The second-order valence-corrected chi connectivity index (χ2v) is 3.08. The molecule has 0 amide bonds. The van der Waals surface area contributed by atoms with Crippen molar-refractivity contribution in [1.29, 1.82) is 0 Å². The Kier molecular flexibility index (Phi) is 1.37. The maximum absolute atomic E-state index is 11.0. The summed E-state index contributed by atoms with van der Waals surface area (Å²) >= 11 is 0. The van der Waals surface area contributed by atoms with Crippen molar-refractivity contribution in [2.24, 2.45) is 0 Å². The van der Waals surface area contributed by atoms with Crippen LogP contribution in [0, 0.1) is 0 Å². The summed E-state index contributed by atoms with van der Waals surface area (Å²) in [5, 5.41) is 9.75. The number of rotatable bonds is 0. The molecule has 60 valence electrons. The lowest BCUT2D eigenvalue weighted by Crippen LogP contribution is -2.46. The Morgan fingerprint density at radius 2 is 2.55 bits per heavy atom. The monoisotopic (exact) mass is 154 g/mol.